The molecule has 0 N–H and O–H groups in total. The molecule has 3 heterocycles. The first kappa shape index (κ1) is 15.8. The van der Waals surface area contributed by atoms with Gasteiger partial charge in [0.05, 0.1) is 11.8 Å². The molecule has 1 saturated heterocycles. The summed E-state index contributed by atoms with van der Waals surface area (Å²) < 4.78 is 1.81. The number of rotatable bonds is 3. The van der Waals surface area contributed by atoms with Crippen molar-refractivity contribution in [3.05, 3.63) is 60.3 Å². The van der Waals surface area contributed by atoms with Crippen LogP contribution < -0.4 is 0 Å². The van der Waals surface area contributed by atoms with Gasteiger partial charge in [-0.2, -0.15) is 0 Å². The fourth-order valence-electron chi connectivity index (χ4n) is 3.66. The van der Waals surface area contributed by atoms with Crippen molar-refractivity contribution >= 4 is 16.8 Å². The van der Waals surface area contributed by atoms with E-state index >= 15 is 0 Å². The standard InChI is InChI=1S/C20H22N4O/c1-23-13-19(22-14-23)20(25)24-8-4-5-15(12-24)9-16-10-17-6-2-3-7-18(17)21-11-16/h2-3,6-7,10-11,13-15H,4-5,8-9,12H2,1H3/t15-/m1/s1. The molecule has 1 aliphatic rings. The number of imidazole rings is 1. The molecule has 1 aromatic carbocycles. The van der Waals surface area contributed by atoms with E-state index in [-0.39, 0.29) is 5.91 Å². The molecule has 3 aromatic rings. The first-order valence-corrected chi connectivity index (χ1v) is 8.80. The Morgan fingerprint density at radius 3 is 3.00 bits per heavy atom. The van der Waals surface area contributed by atoms with Gasteiger partial charge in [-0.15, -0.1) is 0 Å². The van der Waals surface area contributed by atoms with Crippen LogP contribution in [-0.4, -0.2) is 38.4 Å². The minimum absolute atomic E-state index is 0.0435. The predicted octanol–water partition coefficient (Wildman–Crippen LogP) is 3.06. The molecule has 4 rings (SSSR count). The normalized spacial score (nSPS) is 17.8. The zero-order chi connectivity index (χ0) is 17.2. The van der Waals surface area contributed by atoms with Crippen molar-refractivity contribution in [3.8, 4) is 0 Å². The van der Waals surface area contributed by atoms with Crippen molar-refractivity contribution < 1.29 is 4.79 Å². The third kappa shape index (κ3) is 3.40. The van der Waals surface area contributed by atoms with Crippen LogP contribution in [0.5, 0.6) is 0 Å². The highest BCUT2D eigenvalue weighted by atomic mass is 16.2. The topological polar surface area (TPSA) is 51.0 Å². The molecule has 2 aromatic heterocycles. The highest BCUT2D eigenvalue weighted by Crippen LogP contribution is 2.23. The monoisotopic (exact) mass is 334 g/mol. The van der Waals surface area contributed by atoms with Crippen LogP contribution >= 0.6 is 0 Å². The van der Waals surface area contributed by atoms with E-state index in [9.17, 15) is 4.79 Å². The van der Waals surface area contributed by atoms with Crippen LogP contribution in [0.1, 0.15) is 28.9 Å². The molecular weight excluding hydrogens is 312 g/mol. The number of carbonyl (C=O) groups is 1. The summed E-state index contributed by atoms with van der Waals surface area (Å²) in [7, 11) is 1.88. The van der Waals surface area contributed by atoms with E-state index in [0.29, 0.717) is 11.6 Å². The summed E-state index contributed by atoms with van der Waals surface area (Å²) in [5.41, 5.74) is 2.81. The van der Waals surface area contributed by atoms with Gasteiger partial charge in [-0.1, -0.05) is 18.2 Å². The van der Waals surface area contributed by atoms with Crippen LogP contribution in [0.3, 0.4) is 0 Å². The lowest BCUT2D eigenvalue weighted by Crippen LogP contribution is -2.40. The third-order valence-corrected chi connectivity index (χ3v) is 4.90. The van der Waals surface area contributed by atoms with Gasteiger partial charge in [0.2, 0.25) is 0 Å². The molecule has 1 atom stereocenters. The molecule has 5 heteroatoms. The Bertz CT molecular complexity index is 901. The molecule has 0 aliphatic carbocycles. The maximum atomic E-state index is 12.6. The number of benzene rings is 1. The maximum absolute atomic E-state index is 12.6. The van der Waals surface area contributed by atoms with E-state index in [1.54, 1.807) is 12.5 Å². The van der Waals surface area contributed by atoms with Gasteiger partial charge in [-0.25, -0.2) is 4.98 Å². The van der Waals surface area contributed by atoms with Crippen molar-refractivity contribution in [1.82, 2.24) is 19.4 Å². The van der Waals surface area contributed by atoms with Gasteiger partial charge in [0, 0.05) is 37.9 Å². The number of nitrogens with zero attached hydrogens (tertiary/aromatic N) is 4. The largest absolute Gasteiger partial charge is 0.340 e. The average molecular weight is 334 g/mol. The molecule has 0 bridgehead atoms. The maximum Gasteiger partial charge on any atom is 0.274 e. The molecule has 128 valence electrons. The molecule has 0 unspecified atom stereocenters. The summed E-state index contributed by atoms with van der Waals surface area (Å²) in [5.74, 6) is 0.520. The van der Waals surface area contributed by atoms with Gasteiger partial charge < -0.3 is 9.47 Å². The second-order valence-electron chi connectivity index (χ2n) is 6.92. The SMILES string of the molecule is Cn1cnc(C(=O)N2CCC[C@H](Cc3cnc4ccccc4c3)C2)c1. The zero-order valence-corrected chi connectivity index (χ0v) is 14.4. The summed E-state index contributed by atoms with van der Waals surface area (Å²) in [5, 5.41) is 1.18. The molecule has 0 radical (unpaired) electrons. The van der Waals surface area contributed by atoms with Crippen LogP contribution in [0.4, 0.5) is 0 Å². The Morgan fingerprint density at radius 1 is 1.28 bits per heavy atom. The zero-order valence-electron chi connectivity index (χ0n) is 14.4. The number of carbonyl (C=O) groups excluding carboxylic acids is 1. The third-order valence-electron chi connectivity index (χ3n) is 4.90. The lowest BCUT2D eigenvalue weighted by Gasteiger charge is -2.32. The van der Waals surface area contributed by atoms with Crippen molar-refractivity contribution in [2.24, 2.45) is 13.0 Å². The lowest BCUT2D eigenvalue weighted by molar-refractivity contribution is 0.0668. The van der Waals surface area contributed by atoms with Gasteiger partial charge in [0.1, 0.15) is 5.69 Å². The number of para-hydroxylation sites is 1. The number of hydrogen-bond donors (Lipinski definition) is 0. The second kappa shape index (κ2) is 6.67. The fourth-order valence-corrected chi connectivity index (χ4v) is 3.66. The Labute approximate surface area is 147 Å². The van der Waals surface area contributed by atoms with Crippen molar-refractivity contribution in [2.45, 2.75) is 19.3 Å². The molecule has 5 nitrogen and oxygen atoms in total. The van der Waals surface area contributed by atoms with Gasteiger partial charge in [0.15, 0.2) is 0 Å². The van der Waals surface area contributed by atoms with E-state index in [2.05, 4.69) is 22.1 Å². The Morgan fingerprint density at radius 2 is 2.16 bits per heavy atom. The second-order valence-corrected chi connectivity index (χ2v) is 6.92. The lowest BCUT2D eigenvalue weighted by atomic mass is 9.91. The number of aromatic nitrogens is 3. The molecule has 25 heavy (non-hydrogen) atoms. The van der Waals surface area contributed by atoms with E-state index in [4.69, 9.17) is 0 Å². The van der Waals surface area contributed by atoms with Crippen LogP contribution in [0.25, 0.3) is 10.9 Å². The van der Waals surface area contributed by atoms with E-state index in [1.165, 1.54) is 10.9 Å². The van der Waals surface area contributed by atoms with Crippen molar-refractivity contribution in [3.63, 3.8) is 0 Å². The van der Waals surface area contributed by atoms with Crippen LogP contribution in [0, 0.1) is 5.92 Å². The smallest absolute Gasteiger partial charge is 0.274 e. The molecule has 1 amide bonds. The molecular formula is C20H22N4O. The Kier molecular flexibility index (Phi) is 4.22. The number of hydrogen-bond acceptors (Lipinski definition) is 3. The Balaban J connectivity index is 1.46. The van der Waals surface area contributed by atoms with Crippen LogP contribution in [0.2, 0.25) is 0 Å². The summed E-state index contributed by atoms with van der Waals surface area (Å²) in [6.07, 6.45) is 8.60. The minimum Gasteiger partial charge on any atom is -0.340 e. The predicted molar refractivity (Wildman–Crippen MR) is 97.3 cm³/mol. The van der Waals surface area contributed by atoms with E-state index in [1.807, 2.05) is 40.9 Å². The summed E-state index contributed by atoms with van der Waals surface area (Å²) >= 11 is 0. The number of fused-ring (bicyclic) bond motifs is 1. The Hall–Kier alpha value is -2.69. The average Bonchev–Trinajstić information content (AvgIpc) is 3.07. The van der Waals surface area contributed by atoms with Gasteiger partial charge in [-0.05, 0) is 42.9 Å². The summed E-state index contributed by atoms with van der Waals surface area (Å²) in [6, 6.07) is 10.4. The number of likely N-dealkylation sites (tertiary alicyclic amines) is 1. The summed E-state index contributed by atoms with van der Waals surface area (Å²) in [4.78, 5) is 23.3. The quantitative estimate of drug-likeness (QED) is 0.740. The van der Waals surface area contributed by atoms with Crippen LogP contribution in [0.15, 0.2) is 49.1 Å². The minimum atomic E-state index is 0.0435. The first-order chi connectivity index (χ1) is 12.2. The number of piperidine rings is 1. The highest BCUT2D eigenvalue weighted by Gasteiger charge is 2.25. The summed E-state index contributed by atoms with van der Waals surface area (Å²) in [6.45, 7) is 1.62. The number of pyridine rings is 1. The van der Waals surface area contributed by atoms with Gasteiger partial charge in [0.25, 0.3) is 5.91 Å². The molecule has 1 fully saturated rings. The number of amides is 1. The van der Waals surface area contributed by atoms with Crippen LogP contribution in [-0.2, 0) is 13.5 Å². The number of aryl methyl sites for hydroxylation is 1. The molecule has 0 spiro atoms. The van der Waals surface area contributed by atoms with Crippen molar-refractivity contribution in [2.75, 3.05) is 13.1 Å². The first-order valence-electron chi connectivity index (χ1n) is 8.80. The molecule has 0 saturated carbocycles. The van der Waals surface area contributed by atoms with Gasteiger partial charge >= 0.3 is 0 Å². The molecule has 1 aliphatic heterocycles. The highest BCUT2D eigenvalue weighted by molar-refractivity contribution is 5.92. The van der Waals surface area contributed by atoms with E-state index in [0.717, 1.165) is 37.9 Å². The van der Waals surface area contributed by atoms with Crippen molar-refractivity contribution in [1.29, 1.82) is 0 Å². The van der Waals surface area contributed by atoms with E-state index < -0.39 is 0 Å². The van der Waals surface area contributed by atoms with Gasteiger partial charge in [-0.3, -0.25) is 9.78 Å². The fraction of sp³-hybridized carbons (Fsp3) is 0.350.